The van der Waals surface area contributed by atoms with Crippen molar-refractivity contribution in [3.05, 3.63) is 46.9 Å². The molecule has 0 aromatic carbocycles. The molecular weight excluding hydrogens is 518 g/mol. The van der Waals surface area contributed by atoms with Crippen LogP contribution in [0.4, 0.5) is 0 Å². The number of nitrogens with one attached hydrogen (secondary N) is 1. The van der Waals surface area contributed by atoms with Crippen LogP contribution in [-0.4, -0.2) is 45.0 Å². The highest BCUT2D eigenvalue weighted by atomic mass is 32.1. The molecule has 39 heavy (non-hydrogen) atoms. The van der Waals surface area contributed by atoms with Crippen LogP contribution in [-0.2, 0) is 25.6 Å². The van der Waals surface area contributed by atoms with Gasteiger partial charge in [-0.3, -0.25) is 14.4 Å². The molecule has 0 saturated carbocycles. The first-order valence-electron chi connectivity index (χ1n) is 14.0. The molecule has 9 heteroatoms. The van der Waals surface area contributed by atoms with E-state index in [0.717, 1.165) is 43.4 Å². The van der Waals surface area contributed by atoms with Gasteiger partial charge in [-0.15, -0.1) is 11.3 Å². The van der Waals surface area contributed by atoms with Crippen molar-refractivity contribution in [1.82, 2.24) is 5.32 Å². The molecule has 0 aliphatic heterocycles. The molecule has 8 nitrogen and oxygen atoms in total. The van der Waals surface area contributed by atoms with Crippen LogP contribution in [0.1, 0.15) is 95.3 Å². The van der Waals surface area contributed by atoms with Gasteiger partial charge in [-0.1, -0.05) is 70.2 Å². The van der Waals surface area contributed by atoms with Gasteiger partial charge in [0.05, 0.1) is 17.6 Å². The molecule has 1 heterocycles. The smallest absolute Gasteiger partial charge is 0.326 e. The number of carboxylic acids is 2. The van der Waals surface area contributed by atoms with Gasteiger partial charge in [0.1, 0.15) is 11.8 Å². The molecule has 1 rings (SSSR count). The Hall–Kier alpha value is -2.94. The van der Waals surface area contributed by atoms with Crippen LogP contribution in [0.3, 0.4) is 0 Å². The van der Waals surface area contributed by atoms with E-state index in [1.165, 1.54) is 36.7 Å². The van der Waals surface area contributed by atoms with E-state index in [-0.39, 0.29) is 18.6 Å². The molecule has 0 unspecified atom stereocenters. The van der Waals surface area contributed by atoms with Gasteiger partial charge in [0.15, 0.2) is 0 Å². The second kappa shape index (κ2) is 20.0. The van der Waals surface area contributed by atoms with Crippen molar-refractivity contribution in [1.29, 1.82) is 0 Å². The molecule has 1 aromatic heterocycles. The number of carbonyl (C=O) groups is 4. The molecule has 1 aromatic rings. The first-order chi connectivity index (χ1) is 18.6. The first-order valence-corrected chi connectivity index (χ1v) is 14.9. The van der Waals surface area contributed by atoms with Crippen LogP contribution >= 0.6 is 11.3 Å². The Morgan fingerprint density at radius 1 is 0.949 bits per heavy atom. The summed E-state index contributed by atoms with van der Waals surface area (Å²) in [5.74, 6) is -5.73. The molecule has 0 bridgehead atoms. The van der Waals surface area contributed by atoms with Crippen molar-refractivity contribution in [2.45, 2.75) is 103 Å². The highest BCUT2D eigenvalue weighted by Crippen LogP contribution is 2.23. The minimum Gasteiger partial charge on any atom is -0.513 e. The van der Waals surface area contributed by atoms with E-state index in [1.807, 2.05) is 5.38 Å². The highest BCUT2D eigenvalue weighted by Gasteiger charge is 2.34. The predicted molar refractivity (Wildman–Crippen MR) is 154 cm³/mol. The third kappa shape index (κ3) is 15.3. The van der Waals surface area contributed by atoms with E-state index in [9.17, 15) is 34.5 Å². The number of carbonyl (C=O) groups excluding carboxylic acids is 2. The maximum absolute atomic E-state index is 13.1. The third-order valence-corrected chi connectivity index (χ3v) is 7.49. The maximum Gasteiger partial charge on any atom is 0.326 e. The molecule has 0 fully saturated rings. The lowest BCUT2D eigenvalue weighted by Gasteiger charge is -2.23. The zero-order valence-corrected chi connectivity index (χ0v) is 23.9. The minimum atomic E-state index is -1.29. The summed E-state index contributed by atoms with van der Waals surface area (Å²) in [7, 11) is 0. The predicted octanol–water partition coefficient (Wildman–Crippen LogP) is 6.47. The molecule has 0 saturated heterocycles. The monoisotopic (exact) mass is 563 g/mol. The third-order valence-electron chi connectivity index (χ3n) is 6.59. The van der Waals surface area contributed by atoms with Gasteiger partial charge in [-0.05, 0) is 37.1 Å². The van der Waals surface area contributed by atoms with Crippen LogP contribution < -0.4 is 5.32 Å². The molecule has 0 aliphatic carbocycles. The average molecular weight is 564 g/mol. The molecule has 1 amide bonds. The number of hydrogen-bond acceptors (Lipinski definition) is 6. The number of carboxylic acid groups (broad SMARTS) is 2. The second-order valence-electron chi connectivity index (χ2n) is 10.0. The molecule has 0 radical (unpaired) electrons. The number of amides is 1. The van der Waals surface area contributed by atoms with E-state index in [0.29, 0.717) is 25.0 Å². The fraction of sp³-hybridized carbons (Fsp3) is 0.600. The summed E-state index contributed by atoms with van der Waals surface area (Å²) in [6.45, 7) is 5.53. The number of rotatable bonds is 23. The number of aliphatic carboxylic acids is 2. The summed E-state index contributed by atoms with van der Waals surface area (Å²) in [5, 5.41) is 33.2. The molecular formula is C30H45NO7S. The lowest BCUT2D eigenvalue weighted by atomic mass is 9.87. The molecule has 218 valence electrons. The van der Waals surface area contributed by atoms with Crippen LogP contribution in [0.2, 0.25) is 0 Å². The standard InChI is InChI=1S/C30H45NO7S/c1-3-4-5-8-11-15-23(33)16-12-9-6-7-10-13-18-25(26(29(35)36)20-22(2)32)28(34)31-27(30(37)38)21-24-17-14-19-39-24/h13-14,17-19,25-27,32H,2-12,15-16,20-21H2,1H3,(H,31,34)(H,35,36)(H,37,38)/b18-13+/t25-,26+,27-/m0/s1. The summed E-state index contributed by atoms with van der Waals surface area (Å²) in [5.41, 5.74) is 0. The lowest BCUT2D eigenvalue weighted by molar-refractivity contribution is -0.147. The highest BCUT2D eigenvalue weighted by molar-refractivity contribution is 7.09. The maximum atomic E-state index is 13.1. The van der Waals surface area contributed by atoms with Crippen LogP contribution in [0.15, 0.2) is 42.0 Å². The zero-order valence-electron chi connectivity index (χ0n) is 23.1. The number of hydrogen-bond donors (Lipinski definition) is 4. The summed E-state index contributed by atoms with van der Waals surface area (Å²) in [4.78, 5) is 49.5. The minimum absolute atomic E-state index is 0.0843. The number of Topliss-reactive ketones (excluding diaryl/α,β-unsaturated/α-hetero) is 1. The van der Waals surface area contributed by atoms with E-state index in [1.54, 1.807) is 18.2 Å². The van der Waals surface area contributed by atoms with Crippen molar-refractivity contribution in [3.63, 3.8) is 0 Å². The summed E-state index contributed by atoms with van der Waals surface area (Å²) < 4.78 is 0. The summed E-state index contributed by atoms with van der Waals surface area (Å²) >= 11 is 1.37. The Morgan fingerprint density at radius 2 is 1.59 bits per heavy atom. The Bertz CT molecular complexity index is 926. The SMILES string of the molecule is C=C(O)C[C@@H](C(=O)O)[C@H](/C=C/CCCCCCC(=O)CCCCCCC)C(=O)N[C@@H](Cc1cccs1)C(=O)O. The lowest BCUT2D eigenvalue weighted by Crippen LogP contribution is -2.46. The van der Waals surface area contributed by atoms with Crippen molar-refractivity contribution < 1.29 is 34.5 Å². The Kier molecular flexibility index (Phi) is 17.5. The van der Waals surface area contributed by atoms with Gasteiger partial charge in [-0.2, -0.15) is 0 Å². The molecule has 3 atom stereocenters. The van der Waals surface area contributed by atoms with Gasteiger partial charge >= 0.3 is 11.9 Å². The van der Waals surface area contributed by atoms with Gasteiger partial charge in [-0.25, -0.2) is 4.79 Å². The fourth-order valence-electron chi connectivity index (χ4n) is 4.36. The molecule has 4 N–H and O–H groups in total. The van der Waals surface area contributed by atoms with Crippen molar-refractivity contribution in [2.24, 2.45) is 11.8 Å². The summed E-state index contributed by atoms with van der Waals surface area (Å²) in [6, 6.07) is 2.34. The van der Waals surface area contributed by atoms with Gasteiger partial charge in [0, 0.05) is 30.6 Å². The number of ketones is 1. The van der Waals surface area contributed by atoms with Gasteiger partial charge in [0.2, 0.25) is 5.91 Å². The van der Waals surface area contributed by atoms with Crippen molar-refractivity contribution in [2.75, 3.05) is 0 Å². The van der Waals surface area contributed by atoms with E-state index < -0.39 is 35.7 Å². The van der Waals surface area contributed by atoms with Crippen LogP contribution in [0.25, 0.3) is 0 Å². The number of thiophene rings is 1. The van der Waals surface area contributed by atoms with Gasteiger partial charge in [0.25, 0.3) is 0 Å². The van der Waals surface area contributed by atoms with Gasteiger partial charge < -0.3 is 20.6 Å². The normalized spacial score (nSPS) is 13.6. The number of allylic oxidation sites excluding steroid dienone is 2. The van der Waals surface area contributed by atoms with Crippen molar-refractivity contribution in [3.8, 4) is 0 Å². The Balaban J connectivity index is 2.61. The summed E-state index contributed by atoms with van der Waals surface area (Å²) in [6.07, 6.45) is 14.0. The first kappa shape index (κ1) is 34.1. The number of aliphatic hydroxyl groups excluding tert-OH is 1. The largest absolute Gasteiger partial charge is 0.513 e. The number of aliphatic hydroxyl groups is 1. The Morgan fingerprint density at radius 3 is 2.13 bits per heavy atom. The van der Waals surface area contributed by atoms with E-state index >= 15 is 0 Å². The second-order valence-corrected chi connectivity index (χ2v) is 11.0. The number of unbranched alkanes of at least 4 members (excludes halogenated alkanes) is 8. The Labute approximate surface area is 236 Å². The average Bonchev–Trinajstić information content (AvgIpc) is 3.39. The van der Waals surface area contributed by atoms with Crippen LogP contribution in [0, 0.1) is 11.8 Å². The molecule has 0 spiro atoms. The fourth-order valence-corrected chi connectivity index (χ4v) is 5.11. The van der Waals surface area contributed by atoms with E-state index in [2.05, 4.69) is 18.8 Å². The molecule has 0 aliphatic rings. The zero-order chi connectivity index (χ0) is 29.0. The topological polar surface area (TPSA) is 141 Å². The van der Waals surface area contributed by atoms with Crippen molar-refractivity contribution >= 4 is 35.0 Å². The quantitative estimate of drug-likeness (QED) is 0.0680. The van der Waals surface area contributed by atoms with E-state index in [4.69, 9.17) is 0 Å². The van der Waals surface area contributed by atoms with Crippen LogP contribution in [0.5, 0.6) is 0 Å².